The smallest absolute Gasteiger partial charge is 0.273 e. The lowest BCUT2D eigenvalue weighted by Crippen LogP contribution is -2.13. The van der Waals surface area contributed by atoms with Crippen molar-refractivity contribution in [3.63, 3.8) is 0 Å². The van der Waals surface area contributed by atoms with Crippen LogP contribution in [0.5, 0.6) is 5.75 Å². The second-order valence-corrected chi connectivity index (χ2v) is 6.03. The summed E-state index contributed by atoms with van der Waals surface area (Å²) in [6, 6.07) is 16.5. The standard InChI is InChI=1S/C20H17N5O3/c1-12-22-25-20(28-12)14-8-9-18(27-2)16(10-14)21-19(26)17-11-15(23-24-17)13-6-4-3-5-7-13/h3-11H,1-2H3,(H,21,26)(H,23,24). The van der Waals surface area contributed by atoms with Crippen molar-refractivity contribution in [2.45, 2.75) is 6.92 Å². The first-order chi connectivity index (χ1) is 13.6. The van der Waals surface area contributed by atoms with Crippen LogP contribution < -0.4 is 10.1 Å². The van der Waals surface area contributed by atoms with Crippen molar-refractivity contribution in [2.75, 3.05) is 12.4 Å². The van der Waals surface area contributed by atoms with Gasteiger partial charge in [-0.05, 0) is 24.3 Å². The lowest BCUT2D eigenvalue weighted by Gasteiger charge is -2.10. The zero-order valence-electron chi connectivity index (χ0n) is 15.3. The predicted octanol–water partition coefficient (Wildman–Crippen LogP) is 3.70. The fraction of sp³-hybridized carbons (Fsp3) is 0.100. The minimum absolute atomic E-state index is 0.333. The molecule has 28 heavy (non-hydrogen) atoms. The largest absolute Gasteiger partial charge is 0.495 e. The van der Waals surface area contributed by atoms with E-state index < -0.39 is 0 Å². The number of hydrogen-bond donors (Lipinski definition) is 2. The second kappa shape index (κ2) is 7.36. The van der Waals surface area contributed by atoms with E-state index in [9.17, 15) is 4.79 Å². The summed E-state index contributed by atoms with van der Waals surface area (Å²) in [5.74, 6) is 0.994. The maximum atomic E-state index is 12.7. The van der Waals surface area contributed by atoms with Crippen molar-refractivity contribution < 1.29 is 13.9 Å². The Labute approximate surface area is 160 Å². The highest BCUT2D eigenvalue weighted by molar-refractivity contribution is 6.04. The summed E-state index contributed by atoms with van der Waals surface area (Å²) < 4.78 is 10.8. The molecule has 2 aromatic heterocycles. The molecule has 2 aromatic carbocycles. The van der Waals surface area contributed by atoms with Crippen LogP contribution >= 0.6 is 0 Å². The number of methoxy groups -OCH3 is 1. The van der Waals surface area contributed by atoms with Crippen LogP contribution in [-0.4, -0.2) is 33.4 Å². The molecule has 0 saturated heterocycles. The first-order valence-corrected chi connectivity index (χ1v) is 8.55. The average molecular weight is 375 g/mol. The van der Waals surface area contributed by atoms with Gasteiger partial charge in [0.1, 0.15) is 11.4 Å². The molecular weight excluding hydrogens is 358 g/mol. The highest BCUT2D eigenvalue weighted by Crippen LogP contribution is 2.30. The van der Waals surface area contributed by atoms with Crippen molar-refractivity contribution in [2.24, 2.45) is 0 Å². The molecule has 0 aliphatic heterocycles. The molecule has 0 aliphatic rings. The van der Waals surface area contributed by atoms with Crippen LogP contribution in [0.2, 0.25) is 0 Å². The third kappa shape index (κ3) is 3.48. The molecule has 0 radical (unpaired) electrons. The monoisotopic (exact) mass is 375 g/mol. The van der Waals surface area contributed by atoms with Crippen LogP contribution in [0, 0.1) is 6.92 Å². The number of carbonyl (C=O) groups excluding carboxylic acids is 1. The number of H-pyrrole nitrogens is 1. The third-order valence-electron chi connectivity index (χ3n) is 4.11. The molecule has 4 aromatic rings. The topological polar surface area (TPSA) is 106 Å². The Morgan fingerprint density at radius 3 is 2.61 bits per heavy atom. The van der Waals surface area contributed by atoms with Gasteiger partial charge in [-0.15, -0.1) is 10.2 Å². The summed E-state index contributed by atoms with van der Waals surface area (Å²) >= 11 is 0. The quantitative estimate of drug-likeness (QED) is 0.551. The summed E-state index contributed by atoms with van der Waals surface area (Å²) in [6.07, 6.45) is 0. The number of aromatic amines is 1. The number of rotatable bonds is 5. The number of anilines is 1. The molecular formula is C20H17N5O3. The van der Waals surface area contributed by atoms with E-state index in [-0.39, 0.29) is 5.91 Å². The van der Waals surface area contributed by atoms with E-state index in [1.54, 1.807) is 31.2 Å². The molecule has 0 saturated carbocycles. The molecule has 1 amide bonds. The second-order valence-electron chi connectivity index (χ2n) is 6.03. The van der Waals surface area contributed by atoms with Crippen molar-refractivity contribution in [1.82, 2.24) is 20.4 Å². The number of ether oxygens (including phenoxy) is 1. The molecule has 0 fully saturated rings. The van der Waals surface area contributed by atoms with E-state index in [1.807, 2.05) is 30.3 Å². The molecule has 2 N–H and O–H groups in total. The van der Waals surface area contributed by atoms with Gasteiger partial charge in [0.15, 0.2) is 0 Å². The Kier molecular flexibility index (Phi) is 4.59. The number of hydrogen-bond acceptors (Lipinski definition) is 6. The fourth-order valence-electron chi connectivity index (χ4n) is 2.74. The lowest BCUT2D eigenvalue weighted by molar-refractivity contribution is 0.102. The number of carbonyl (C=O) groups is 1. The Morgan fingerprint density at radius 1 is 1.07 bits per heavy atom. The minimum Gasteiger partial charge on any atom is -0.495 e. The number of aryl methyl sites for hydroxylation is 1. The highest BCUT2D eigenvalue weighted by atomic mass is 16.5. The molecule has 8 heteroatoms. The third-order valence-corrected chi connectivity index (χ3v) is 4.11. The van der Waals surface area contributed by atoms with E-state index in [1.165, 1.54) is 7.11 Å². The predicted molar refractivity (Wildman–Crippen MR) is 103 cm³/mol. The van der Waals surface area contributed by atoms with Crippen LogP contribution in [0.3, 0.4) is 0 Å². The van der Waals surface area contributed by atoms with Gasteiger partial charge < -0.3 is 14.5 Å². The van der Waals surface area contributed by atoms with Gasteiger partial charge in [0.05, 0.1) is 18.5 Å². The Hall–Kier alpha value is -3.94. The Balaban J connectivity index is 1.59. The molecule has 0 unspecified atom stereocenters. The van der Waals surface area contributed by atoms with Gasteiger partial charge in [-0.3, -0.25) is 9.89 Å². The summed E-state index contributed by atoms with van der Waals surface area (Å²) in [6.45, 7) is 1.71. The molecule has 0 spiro atoms. The Morgan fingerprint density at radius 2 is 1.89 bits per heavy atom. The number of nitrogens with one attached hydrogen (secondary N) is 2. The summed E-state index contributed by atoms with van der Waals surface area (Å²) in [4.78, 5) is 12.7. The van der Waals surface area contributed by atoms with Crippen molar-refractivity contribution in [3.8, 4) is 28.5 Å². The molecule has 0 atom stereocenters. The molecule has 2 heterocycles. The van der Waals surface area contributed by atoms with Crippen LogP contribution in [0.1, 0.15) is 16.4 Å². The van der Waals surface area contributed by atoms with E-state index in [2.05, 4.69) is 25.7 Å². The molecule has 0 aliphatic carbocycles. The van der Waals surface area contributed by atoms with Gasteiger partial charge in [0, 0.05) is 18.1 Å². The van der Waals surface area contributed by atoms with Gasteiger partial charge >= 0.3 is 0 Å². The number of benzene rings is 2. The van der Waals surface area contributed by atoms with Crippen molar-refractivity contribution in [1.29, 1.82) is 0 Å². The first-order valence-electron chi connectivity index (χ1n) is 8.55. The number of amides is 1. The van der Waals surface area contributed by atoms with Gasteiger partial charge in [-0.2, -0.15) is 5.10 Å². The lowest BCUT2D eigenvalue weighted by atomic mass is 10.1. The molecule has 140 valence electrons. The highest BCUT2D eigenvalue weighted by Gasteiger charge is 2.16. The summed E-state index contributed by atoms with van der Waals surface area (Å²) in [7, 11) is 1.53. The van der Waals surface area contributed by atoms with Gasteiger partial charge in [0.25, 0.3) is 5.91 Å². The van der Waals surface area contributed by atoms with E-state index in [4.69, 9.17) is 9.15 Å². The van der Waals surface area contributed by atoms with Gasteiger partial charge in [-0.25, -0.2) is 0 Å². The van der Waals surface area contributed by atoms with Crippen LogP contribution in [-0.2, 0) is 0 Å². The van der Waals surface area contributed by atoms with Crippen LogP contribution in [0.25, 0.3) is 22.7 Å². The maximum Gasteiger partial charge on any atom is 0.273 e. The molecule has 8 nitrogen and oxygen atoms in total. The number of aromatic nitrogens is 4. The van der Waals surface area contributed by atoms with E-state index in [0.717, 1.165) is 5.56 Å². The maximum absolute atomic E-state index is 12.7. The van der Waals surface area contributed by atoms with Crippen molar-refractivity contribution >= 4 is 11.6 Å². The SMILES string of the molecule is COc1ccc(-c2nnc(C)o2)cc1NC(=O)c1cc(-c2ccccc2)n[nH]1. The van der Waals surface area contributed by atoms with Crippen molar-refractivity contribution in [3.05, 3.63) is 66.2 Å². The van der Waals surface area contributed by atoms with Gasteiger partial charge in [0.2, 0.25) is 11.8 Å². The zero-order valence-corrected chi connectivity index (χ0v) is 15.3. The van der Waals surface area contributed by atoms with Crippen LogP contribution in [0.4, 0.5) is 5.69 Å². The molecule has 4 rings (SSSR count). The van der Waals surface area contributed by atoms with Crippen LogP contribution in [0.15, 0.2) is 59.0 Å². The summed E-state index contributed by atoms with van der Waals surface area (Å²) in [5, 5.41) is 17.6. The fourth-order valence-corrected chi connectivity index (χ4v) is 2.74. The summed E-state index contributed by atoms with van der Waals surface area (Å²) in [5.41, 5.74) is 3.10. The minimum atomic E-state index is -0.341. The Bertz CT molecular complexity index is 1120. The average Bonchev–Trinajstić information content (AvgIpc) is 3.38. The zero-order chi connectivity index (χ0) is 19.5. The number of nitrogens with zero attached hydrogens (tertiary/aromatic N) is 3. The molecule has 0 bridgehead atoms. The first kappa shape index (κ1) is 17.5. The normalized spacial score (nSPS) is 10.6. The van der Waals surface area contributed by atoms with E-state index >= 15 is 0 Å². The van der Waals surface area contributed by atoms with E-state index in [0.29, 0.717) is 40.2 Å². The van der Waals surface area contributed by atoms with Gasteiger partial charge in [-0.1, -0.05) is 30.3 Å².